The number of aliphatic imine (C=N–C) groups is 1. The smallest absolute Gasteiger partial charge is 0.283 e. The molecular formula is C28H30N4O3S. The fourth-order valence-electron chi connectivity index (χ4n) is 4.63. The van der Waals surface area contributed by atoms with Crippen LogP contribution in [0.2, 0.25) is 0 Å². The fraction of sp³-hybridized carbons (Fsp3) is 0.357. The second-order valence-corrected chi connectivity index (χ2v) is 10.1. The van der Waals surface area contributed by atoms with Gasteiger partial charge in [0, 0.05) is 0 Å². The standard InChI is InChI=1S/C28H30N4O3S/c1-2-25-31-32-26(29)24(27(33)30-28(32)36-25)18-19-7-6-10-23(17-19)35-16-15-34-22-13-11-21(12-14-22)20-8-4-3-5-9-20/h6-7,10-14,17-18,20,29H,2-5,8-9,15-16H2,1H3. The number of nitrogens with zero attached hydrogens (tertiary/aromatic N) is 3. The number of benzene rings is 2. The third-order valence-electron chi connectivity index (χ3n) is 6.55. The van der Waals surface area contributed by atoms with E-state index in [4.69, 9.17) is 14.9 Å². The molecule has 0 atom stereocenters. The Morgan fingerprint density at radius 2 is 1.81 bits per heavy atom. The van der Waals surface area contributed by atoms with Gasteiger partial charge in [0.1, 0.15) is 29.8 Å². The molecule has 1 saturated carbocycles. The van der Waals surface area contributed by atoms with Crippen molar-refractivity contribution >= 4 is 39.8 Å². The van der Waals surface area contributed by atoms with Crippen LogP contribution in [-0.4, -0.2) is 40.2 Å². The fourth-order valence-corrected chi connectivity index (χ4v) is 5.45. The summed E-state index contributed by atoms with van der Waals surface area (Å²) in [5, 5.41) is 15.5. The highest BCUT2D eigenvalue weighted by Gasteiger charge is 2.35. The van der Waals surface area contributed by atoms with Gasteiger partial charge in [-0.25, -0.2) is 0 Å². The molecule has 0 bridgehead atoms. The minimum Gasteiger partial charge on any atom is -0.490 e. The highest BCUT2D eigenvalue weighted by molar-refractivity contribution is 8.26. The van der Waals surface area contributed by atoms with Crippen molar-refractivity contribution in [1.82, 2.24) is 5.01 Å². The predicted octanol–water partition coefficient (Wildman–Crippen LogP) is 6.22. The van der Waals surface area contributed by atoms with Crippen LogP contribution in [0.4, 0.5) is 0 Å². The van der Waals surface area contributed by atoms with Gasteiger partial charge in [0.15, 0.2) is 5.84 Å². The van der Waals surface area contributed by atoms with Crippen LogP contribution >= 0.6 is 11.8 Å². The predicted molar refractivity (Wildman–Crippen MR) is 145 cm³/mol. The van der Waals surface area contributed by atoms with Crippen LogP contribution in [0.25, 0.3) is 6.08 Å². The van der Waals surface area contributed by atoms with Crippen LogP contribution in [0, 0.1) is 5.41 Å². The first kappa shape index (κ1) is 24.3. The lowest BCUT2D eigenvalue weighted by molar-refractivity contribution is -0.114. The van der Waals surface area contributed by atoms with E-state index in [1.54, 1.807) is 6.08 Å². The Morgan fingerprint density at radius 1 is 1.06 bits per heavy atom. The van der Waals surface area contributed by atoms with Crippen molar-refractivity contribution in [1.29, 1.82) is 5.41 Å². The van der Waals surface area contributed by atoms with Gasteiger partial charge in [0.25, 0.3) is 5.91 Å². The number of amides is 1. The third kappa shape index (κ3) is 5.54. The van der Waals surface area contributed by atoms with Crippen LogP contribution in [-0.2, 0) is 4.79 Å². The van der Waals surface area contributed by atoms with E-state index in [9.17, 15) is 4.79 Å². The highest BCUT2D eigenvalue weighted by Crippen LogP contribution is 2.33. The first-order valence-corrected chi connectivity index (χ1v) is 13.4. The van der Waals surface area contributed by atoms with Crippen LogP contribution in [0.15, 0.2) is 64.2 Å². The molecule has 0 spiro atoms. The average molecular weight is 503 g/mol. The van der Waals surface area contributed by atoms with Crippen molar-refractivity contribution in [3.05, 3.63) is 65.2 Å². The zero-order valence-corrected chi connectivity index (χ0v) is 21.2. The summed E-state index contributed by atoms with van der Waals surface area (Å²) in [4.78, 5) is 16.7. The molecule has 0 saturated heterocycles. The summed E-state index contributed by atoms with van der Waals surface area (Å²) in [6.07, 6.45) is 9.00. The van der Waals surface area contributed by atoms with Gasteiger partial charge < -0.3 is 9.47 Å². The van der Waals surface area contributed by atoms with E-state index in [1.165, 1.54) is 54.4 Å². The molecule has 7 nitrogen and oxygen atoms in total. The highest BCUT2D eigenvalue weighted by atomic mass is 32.2. The first-order valence-electron chi connectivity index (χ1n) is 12.6. The number of hydrazone groups is 1. The van der Waals surface area contributed by atoms with Crippen molar-refractivity contribution in [2.45, 2.75) is 51.4 Å². The van der Waals surface area contributed by atoms with E-state index >= 15 is 0 Å². The molecule has 1 N–H and O–H groups in total. The van der Waals surface area contributed by atoms with Crippen molar-refractivity contribution in [3.8, 4) is 11.5 Å². The van der Waals surface area contributed by atoms with E-state index in [2.05, 4.69) is 22.2 Å². The topological polar surface area (TPSA) is 87.3 Å². The Bertz CT molecular complexity index is 1230. The van der Waals surface area contributed by atoms with Gasteiger partial charge in [-0.3, -0.25) is 10.2 Å². The Balaban J connectivity index is 1.15. The summed E-state index contributed by atoms with van der Waals surface area (Å²) in [5.41, 5.74) is 2.37. The number of rotatable bonds is 8. The van der Waals surface area contributed by atoms with Gasteiger partial charge in [-0.1, -0.05) is 50.5 Å². The SMILES string of the molecule is CCC1=NN2C(=N)C(=Cc3cccc(OCCOc4ccc(C5CCCCC5)cc4)c3)C(=O)N=C2S1. The Kier molecular flexibility index (Phi) is 7.51. The van der Waals surface area contributed by atoms with Crippen molar-refractivity contribution in [3.63, 3.8) is 0 Å². The number of fused-ring (bicyclic) bond motifs is 1. The van der Waals surface area contributed by atoms with E-state index in [1.807, 2.05) is 43.3 Å². The Labute approximate surface area is 215 Å². The van der Waals surface area contributed by atoms with Crippen molar-refractivity contribution in [2.75, 3.05) is 13.2 Å². The summed E-state index contributed by atoms with van der Waals surface area (Å²) in [6, 6.07) is 15.9. The van der Waals surface area contributed by atoms with Crippen LogP contribution in [0.3, 0.4) is 0 Å². The summed E-state index contributed by atoms with van der Waals surface area (Å²) in [7, 11) is 0. The molecular weight excluding hydrogens is 472 g/mol. The molecule has 2 heterocycles. The van der Waals surface area contributed by atoms with Gasteiger partial charge >= 0.3 is 0 Å². The van der Waals surface area contributed by atoms with E-state index < -0.39 is 5.91 Å². The van der Waals surface area contributed by atoms with Crippen molar-refractivity contribution in [2.24, 2.45) is 10.1 Å². The zero-order valence-electron chi connectivity index (χ0n) is 20.4. The number of amidine groups is 2. The molecule has 186 valence electrons. The monoisotopic (exact) mass is 502 g/mol. The lowest BCUT2D eigenvalue weighted by atomic mass is 9.84. The second kappa shape index (κ2) is 11.1. The summed E-state index contributed by atoms with van der Waals surface area (Å²) in [5.74, 6) is 1.81. The van der Waals surface area contributed by atoms with Crippen LogP contribution in [0.5, 0.6) is 11.5 Å². The molecule has 2 aromatic carbocycles. The Morgan fingerprint density at radius 3 is 2.56 bits per heavy atom. The van der Waals surface area contributed by atoms with E-state index in [-0.39, 0.29) is 11.4 Å². The average Bonchev–Trinajstić information content (AvgIpc) is 3.33. The maximum atomic E-state index is 12.6. The molecule has 0 aromatic heterocycles. The number of hydrogen-bond acceptors (Lipinski definition) is 6. The molecule has 8 heteroatoms. The molecule has 2 aliphatic heterocycles. The third-order valence-corrected chi connectivity index (χ3v) is 7.60. The van der Waals surface area contributed by atoms with Gasteiger partial charge in [-0.2, -0.15) is 15.1 Å². The molecule has 36 heavy (non-hydrogen) atoms. The Hall–Kier alpha value is -3.39. The maximum absolute atomic E-state index is 12.6. The normalized spacial score (nSPS) is 19.2. The molecule has 5 rings (SSSR count). The number of thioether (sulfide) groups is 1. The summed E-state index contributed by atoms with van der Waals surface area (Å²) < 4.78 is 11.7. The second-order valence-electron chi connectivity index (χ2n) is 9.04. The lowest BCUT2D eigenvalue weighted by Gasteiger charge is -2.22. The number of hydrogen-bond donors (Lipinski definition) is 1. The van der Waals surface area contributed by atoms with E-state index in [0.29, 0.717) is 30.0 Å². The number of carbonyl (C=O) groups excluding carboxylic acids is 1. The quantitative estimate of drug-likeness (QED) is 0.342. The maximum Gasteiger partial charge on any atom is 0.283 e. The van der Waals surface area contributed by atoms with Gasteiger partial charge in [-0.15, -0.1) is 0 Å². The number of ether oxygens (including phenoxy) is 2. The van der Waals surface area contributed by atoms with E-state index in [0.717, 1.165) is 22.8 Å². The largest absolute Gasteiger partial charge is 0.490 e. The first-order chi connectivity index (χ1) is 17.6. The minimum absolute atomic E-state index is 0.0372. The lowest BCUT2D eigenvalue weighted by Crippen LogP contribution is -2.35. The summed E-state index contributed by atoms with van der Waals surface area (Å²) in [6.45, 7) is 2.81. The van der Waals surface area contributed by atoms with Gasteiger partial charge in [-0.05, 0) is 78.4 Å². The molecule has 3 aliphatic rings. The van der Waals surface area contributed by atoms with Crippen LogP contribution < -0.4 is 9.47 Å². The molecule has 1 fully saturated rings. The molecule has 2 aromatic rings. The zero-order chi connectivity index (χ0) is 24.9. The minimum atomic E-state index is -0.430. The molecule has 0 unspecified atom stereocenters. The summed E-state index contributed by atoms with van der Waals surface area (Å²) >= 11 is 1.33. The van der Waals surface area contributed by atoms with Crippen LogP contribution in [0.1, 0.15) is 62.5 Å². The molecule has 0 radical (unpaired) electrons. The molecule has 1 aliphatic carbocycles. The van der Waals surface area contributed by atoms with Gasteiger partial charge in [0.05, 0.1) is 5.57 Å². The van der Waals surface area contributed by atoms with Gasteiger partial charge in [0.2, 0.25) is 5.17 Å². The number of nitrogens with one attached hydrogen (secondary N) is 1. The number of carbonyl (C=O) groups is 1. The van der Waals surface area contributed by atoms with Crippen molar-refractivity contribution < 1.29 is 14.3 Å². The molecule has 1 amide bonds.